The number of primary amides is 1. The van der Waals surface area contributed by atoms with Crippen LogP contribution in [0.5, 0.6) is 0 Å². The summed E-state index contributed by atoms with van der Waals surface area (Å²) in [5.74, 6) is -4.09. The first-order chi connectivity index (χ1) is 15.6. The van der Waals surface area contributed by atoms with E-state index in [1.807, 2.05) is 6.26 Å². The van der Waals surface area contributed by atoms with Crippen molar-refractivity contribution in [2.45, 2.75) is 43.4 Å². The molecule has 0 radical (unpaired) electrons. The van der Waals surface area contributed by atoms with Gasteiger partial charge in [0.25, 0.3) is 0 Å². The summed E-state index contributed by atoms with van der Waals surface area (Å²) in [6, 6.07) is -4.71. The van der Waals surface area contributed by atoms with Crippen LogP contribution in [0.25, 0.3) is 0 Å². The molecule has 0 saturated carbocycles. The monoisotopic (exact) mass is 503 g/mol. The molecule has 184 valence electrons. The van der Waals surface area contributed by atoms with Crippen LogP contribution < -0.4 is 27.4 Å². The summed E-state index contributed by atoms with van der Waals surface area (Å²) < 4.78 is 0. The summed E-state index contributed by atoms with van der Waals surface area (Å²) >= 11 is 5.48. The van der Waals surface area contributed by atoms with Crippen molar-refractivity contribution in [3.05, 3.63) is 18.2 Å². The Morgan fingerprint density at radius 2 is 1.73 bits per heavy atom. The Bertz CT molecular complexity index is 823. The third kappa shape index (κ3) is 10.1. The Morgan fingerprint density at radius 1 is 1.12 bits per heavy atom. The summed E-state index contributed by atoms with van der Waals surface area (Å²) in [5, 5.41) is 16.3. The number of rotatable bonds is 15. The lowest BCUT2D eigenvalue weighted by Gasteiger charge is -2.24. The average molecular weight is 504 g/mol. The number of amides is 4. The number of H-pyrrole nitrogens is 1. The second-order valence-electron chi connectivity index (χ2n) is 7.04. The van der Waals surface area contributed by atoms with Gasteiger partial charge in [-0.2, -0.15) is 24.4 Å². The zero-order valence-corrected chi connectivity index (χ0v) is 19.7. The molecule has 0 aromatic carbocycles. The fourth-order valence-electron chi connectivity index (χ4n) is 2.65. The van der Waals surface area contributed by atoms with E-state index < -0.39 is 60.2 Å². The van der Waals surface area contributed by atoms with Gasteiger partial charge in [0.2, 0.25) is 23.6 Å². The van der Waals surface area contributed by atoms with Gasteiger partial charge < -0.3 is 37.5 Å². The van der Waals surface area contributed by atoms with Gasteiger partial charge in [-0.1, -0.05) is 0 Å². The summed E-state index contributed by atoms with van der Waals surface area (Å²) in [6.45, 7) is 0. The third-order valence-corrected chi connectivity index (χ3v) is 5.42. The van der Waals surface area contributed by atoms with Gasteiger partial charge in [-0.05, 0) is 18.4 Å². The SMILES string of the molecule is CSCCC(NC(=O)C(N)Cc1cnc[nH]1)C(=O)NC(CS)C(=O)NC(CC(N)=O)C(=O)O. The molecule has 1 aromatic heterocycles. The van der Waals surface area contributed by atoms with Crippen molar-refractivity contribution in [3.8, 4) is 0 Å². The fourth-order valence-corrected chi connectivity index (χ4v) is 3.38. The van der Waals surface area contributed by atoms with Gasteiger partial charge in [0.15, 0.2) is 0 Å². The Morgan fingerprint density at radius 3 is 2.24 bits per heavy atom. The topological polar surface area (TPSA) is 222 Å². The van der Waals surface area contributed by atoms with E-state index in [0.717, 1.165) is 0 Å². The van der Waals surface area contributed by atoms with Gasteiger partial charge in [-0.25, -0.2) is 9.78 Å². The molecule has 1 heterocycles. The highest BCUT2D eigenvalue weighted by Crippen LogP contribution is 2.04. The summed E-state index contributed by atoms with van der Waals surface area (Å²) in [6.07, 6.45) is 4.64. The van der Waals surface area contributed by atoms with Crippen LogP contribution in [0.15, 0.2) is 12.5 Å². The number of hydrogen-bond acceptors (Lipinski definition) is 9. The molecule has 0 fully saturated rings. The van der Waals surface area contributed by atoms with Crippen LogP contribution in [-0.2, 0) is 30.4 Å². The number of nitrogens with zero attached hydrogens (tertiary/aromatic N) is 1. The molecule has 4 unspecified atom stereocenters. The highest BCUT2D eigenvalue weighted by Gasteiger charge is 2.30. The first-order valence-electron chi connectivity index (χ1n) is 9.83. The first kappa shape index (κ1) is 28.3. The number of thioether (sulfide) groups is 1. The lowest BCUT2D eigenvalue weighted by molar-refractivity contribution is -0.143. The number of aromatic nitrogens is 2. The number of nitrogens with one attached hydrogen (secondary N) is 4. The van der Waals surface area contributed by atoms with Crippen molar-refractivity contribution in [1.29, 1.82) is 0 Å². The number of carboxylic acid groups (broad SMARTS) is 1. The average Bonchev–Trinajstić information content (AvgIpc) is 3.26. The number of thiol groups is 1. The zero-order chi connectivity index (χ0) is 25.0. The van der Waals surface area contributed by atoms with E-state index in [1.165, 1.54) is 24.3 Å². The number of carbonyl (C=O) groups excluding carboxylic acids is 4. The number of aliphatic carboxylic acids is 1. The molecule has 0 spiro atoms. The molecule has 0 bridgehead atoms. The van der Waals surface area contributed by atoms with Crippen molar-refractivity contribution in [3.63, 3.8) is 0 Å². The maximum Gasteiger partial charge on any atom is 0.326 e. The highest BCUT2D eigenvalue weighted by atomic mass is 32.2. The van der Waals surface area contributed by atoms with E-state index in [-0.39, 0.29) is 18.6 Å². The van der Waals surface area contributed by atoms with Crippen LogP contribution >= 0.6 is 24.4 Å². The number of carboxylic acids is 1. The Hall–Kier alpha value is -2.78. The smallest absolute Gasteiger partial charge is 0.326 e. The minimum absolute atomic E-state index is 0.164. The molecule has 1 rings (SSSR count). The van der Waals surface area contributed by atoms with Crippen molar-refractivity contribution in [2.24, 2.45) is 11.5 Å². The molecule has 4 amide bonds. The molecule has 0 aliphatic carbocycles. The second-order valence-corrected chi connectivity index (χ2v) is 8.39. The first-order valence-corrected chi connectivity index (χ1v) is 11.9. The van der Waals surface area contributed by atoms with Crippen LogP contribution in [0.1, 0.15) is 18.5 Å². The summed E-state index contributed by atoms with van der Waals surface area (Å²) in [4.78, 5) is 66.7. The van der Waals surface area contributed by atoms with Crippen molar-refractivity contribution < 1.29 is 29.1 Å². The molecule has 15 heteroatoms. The van der Waals surface area contributed by atoms with Crippen LogP contribution in [0, 0.1) is 0 Å². The van der Waals surface area contributed by atoms with E-state index in [4.69, 9.17) is 16.6 Å². The normalized spacial score (nSPS) is 14.4. The number of nitrogens with two attached hydrogens (primary N) is 2. The van der Waals surface area contributed by atoms with Gasteiger partial charge in [0.05, 0.1) is 18.8 Å². The van der Waals surface area contributed by atoms with Gasteiger partial charge in [-0.3, -0.25) is 19.2 Å². The van der Waals surface area contributed by atoms with Crippen LogP contribution in [0.2, 0.25) is 0 Å². The van der Waals surface area contributed by atoms with Gasteiger partial charge in [-0.15, -0.1) is 0 Å². The summed E-state index contributed by atoms with van der Waals surface area (Å²) in [5.41, 5.74) is 11.6. The number of hydrogen-bond donors (Lipinski definition) is 8. The Kier molecular flexibility index (Phi) is 12.3. The second kappa shape index (κ2) is 14.4. The number of imidazole rings is 1. The fraction of sp³-hybridized carbons (Fsp3) is 0.556. The molecule has 4 atom stereocenters. The van der Waals surface area contributed by atoms with Crippen molar-refractivity contribution in [2.75, 3.05) is 17.8 Å². The predicted octanol–water partition coefficient (Wildman–Crippen LogP) is -2.62. The lowest BCUT2D eigenvalue weighted by Crippen LogP contribution is -2.58. The predicted molar refractivity (Wildman–Crippen MR) is 124 cm³/mol. The zero-order valence-electron chi connectivity index (χ0n) is 17.9. The number of carbonyl (C=O) groups is 5. The van der Waals surface area contributed by atoms with E-state index >= 15 is 0 Å². The van der Waals surface area contributed by atoms with Gasteiger partial charge >= 0.3 is 5.97 Å². The quantitative estimate of drug-likeness (QED) is 0.117. The van der Waals surface area contributed by atoms with E-state index in [9.17, 15) is 24.0 Å². The molecular formula is C18H29N7O6S2. The standard InChI is InChI=1S/C18H29N7O6S2/c1-33-3-2-11(23-15(27)10(19)4-9-6-21-8-22-9)16(28)25-13(7-32)17(29)24-12(18(30)31)5-14(20)26/h6,8,10-13,32H,2-5,7,19H2,1H3,(H2,20,26)(H,21,22)(H,23,27)(H,24,29)(H,25,28)(H,30,31). The van der Waals surface area contributed by atoms with Crippen LogP contribution in [0.4, 0.5) is 0 Å². The number of aromatic amines is 1. The van der Waals surface area contributed by atoms with Crippen LogP contribution in [0.3, 0.4) is 0 Å². The largest absolute Gasteiger partial charge is 0.480 e. The molecule has 33 heavy (non-hydrogen) atoms. The maximum atomic E-state index is 12.8. The molecule has 1 aromatic rings. The minimum Gasteiger partial charge on any atom is -0.480 e. The lowest BCUT2D eigenvalue weighted by atomic mass is 10.1. The third-order valence-electron chi connectivity index (χ3n) is 4.41. The Balaban J connectivity index is 2.80. The van der Waals surface area contributed by atoms with E-state index in [2.05, 4.69) is 38.5 Å². The van der Waals surface area contributed by atoms with Gasteiger partial charge in [0, 0.05) is 24.1 Å². The molecule has 0 saturated heterocycles. The van der Waals surface area contributed by atoms with Gasteiger partial charge in [0.1, 0.15) is 18.1 Å². The van der Waals surface area contributed by atoms with Crippen molar-refractivity contribution >= 4 is 54.0 Å². The molecule has 9 N–H and O–H groups in total. The van der Waals surface area contributed by atoms with E-state index in [1.54, 1.807) is 0 Å². The Labute approximate surface area is 200 Å². The van der Waals surface area contributed by atoms with Crippen LogP contribution in [-0.4, -0.2) is 86.6 Å². The van der Waals surface area contributed by atoms with Crippen molar-refractivity contribution in [1.82, 2.24) is 25.9 Å². The molecule has 0 aliphatic rings. The molecule has 0 aliphatic heterocycles. The van der Waals surface area contributed by atoms with E-state index in [0.29, 0.717) is 11.4 Å². The summed E-state index contributed by atoms with van der Waals surface area (Å²) in [7, 11) is 0. The maximum absolute atomic E-state index is 12.8. The minimum atomic E-state index is -1.55. The molecule has 13 nitrogen and oxygen atoms in total. The molecular weight excluding hydrogens is 474 g/mol. The highest BCUT2D eigenvalue weighted by molar-refractivity contribution is 7.98.